The molecule has 0 heterocycles. The van der Waals surface area contributed by atoms with Crippen LogP contribution in [0, 0.1) is 26.1 Å². The van der Waals surface area contributed by atoms with Gasteiger partial charge in [0, 0.05) is 52.6 Å². The molecule has 8 heteroatoms. The van der Waals surface area contributed by atoms with Crippen LogP contribution in [0.5, 0.6) is 0 Å². The number of anilines is 5. The number of rotatable bonds is 9. The van der Waals surface area contributed by atoms with Crippen LogP contribution in [0.2, 0.25) is 0 Å². The van der Waals surface area contributed by atoms with Gasteiger partial charge in [-0.3, -0.25) is 20.2 Å². The number of non-ortho nitro benzene ring substituents is 1. The van der Waals surface area contributed by atoms with E-state index in [9.17, 15) is 20.2 Å². The lowest BCUT2D eigenvalue weighted by Gasteiger charge is -2.34. The van der Waals surface area contributed by atoms with E-state index in [0.29, 0.717) is 0 Å². The van der Waals surface area contributed by atoms with E-state index in [0.717, 1.165) is 46.0 Å². The molecule has 2 unspecified atom stereocenters. The minimum Gasteiger partial charge on any atom is -0.331 e. The molecule has 0 radical (unpaired) electrons. The maximum atomic E-state index is 11.4. The molecule has 2 atom stereocenters. The minimum atomic E-state index is -0.395. The summed E-state index contributed by atoms with van der Waals surface area (Å²) in [4.78, 5) is 26.2. The fourth-order valence-corrected chi connectivity index (χ4v) is 6.19. The fraction of sp³-hybridized carbons (Fsp3) is 0.0811. The van der Waals surface area contributed by atoms with E-state index >= 15 is 0 Å². The highest BCUT2D eigenvalue weighted by atomic mass is 16.6. The lowest BCUT2D eigenvalue weighted by atomic mass is 10.0. The van der Waals surface area contributed by atoms with Crippen LogP contribution in [0.3, 0.4) is 0 Å². The van der Waals surface area contributed by atoms with Crippen LogP contribution in [-0.2, 0) is 0 Å². The van der Waals surface area contributed by atoms with E-state index in [1.54, 1.807) is 24.3 Å². The summed E-state index contributed by atoms with van der Waals surface area (Å²) in [6.45, 7) is 0. The van der Waals surface area contributed by atoms with Crippen LogP contribution < -0.4 is 9.80 Å². The zero-order valence-corrected chi connectivity index (χ0v) is 24.1. The lowest BCUT2D eigenvalue weighted by molar-refractivity contribution is -0.419. The number of nitrogens with zero attached hydrogens (tertiary/aromatic N) is 4. The van der Waals surface area contributed by atoms with Crippen molar-refractivity contribution >= 4 is 34.1 Å². The standard InChI is InChI=1S/C37H28N4O4/c42-40(43)35-21-19-32(20-22-35)38(30-7-3-1-4-8-30)31-15-11-27(12-16-31)28-13-17-34(18-14-28)39(33-9-5-2-6-10-33)37-24-23-36(41(44)45)25-29(37)26-37/h1-25,29H,26H2. The Kier molecular flexibility index (Phi) is 6.94. The normalized spacial score (nSPS) is 18.0. The highest BCUT2D eigenvalue weighted by molar-refractivity contribution is 5.79. The largest absolute Gasteiger partial charge is 0.331 e. The first-order valence-electron chi connectivity index (χ1n) is 14.6. The Morgan fingerprint density at radius 3 is 1.56 bits per heavy atom. The summed E-state index contributed by atoms with van der Waals surface area (Å²) in [6.07, 6.45) is 6.20. The predicted octanol–water partition coefficient (Wildman–Crippen LogP) is 9.36. The number of hydrogen-bond donors (Lipinski definition) is 0. The molecule has 0 aliphatic heterocycles. The first kappa shape index (κ1) is 27.8. The second-order valence-electron chi connectivity index (χ2n) is 11.2. The van der Waals surface area contributed by atoms with Crippen molar-refractivity contribution in [3.63, 3.8) is 0 Å². The smallest absolute Gasteiger partial charge is 0.269 e. The van der Waals surface area contributed by atoms with E-state index in [1.165, 1.54) is 12.1 Å². The van der Waals surface area contributed by atoms with E-state index in [-0.39, 0.29) is 27.8 Å². The van der Waals surface area contributed by atoms with Crippen LogP contribution in [0.4, 0.5) is 34.1 Å². The Labute approximate surface area is 260 Å². The third-order valence-corrected chi connectivity index (χ3v) is 8.50. The molecule has 2 aliphatic carbocycles. The molecule has 0 bridgehead atoms. The molecule has 2 aliphatic rings. The summed E-state index contributed by atoms with van der Waals surface area (Å²) in [5.41, 5.74) is 6.71. The molecule has 1 fully saturated rings. The van der Waals surface area contributed by atoms with E-state index < -0.39 is 4.92 Å². The predicted molar refractivity (Wildman–Crippen MR) is 177 cm³/mol. The molecular weight excluding hydrogens is 564 g/mol. The van der Waals surface area contributed by atoms with Crippen LogP contribution in [0.25, 0.3) is 11.1 Å². The molecule has 0 amide bonds. The Morgan fingerprint density at radius 2 is 1.04 bits per heavy atom. The highest BCUT2D eigenvalue weighted by Crippen LogP contribution is 2.57. The average molecular weight is 593 g/mol. The molecule has 5 aromatic carbocycles. The summed E-state index contributed by atoms with van der Waals surface area (Å²) < 4.78 is 0. The molecule has 0 saturated heterocycles. The summed E-state index contributed by atoms with van der Waals surface area (Å²) >= 11 is 0. The van der Waals surface area contributed by atoms with Gasteiger partial charge in [0.05, 0.1) is 15.4 Å². The Balaban J connectivity index is 1.18. The highest BCUT2D eigenvalue weighted by Gasteiger charge is 2.58. The van der Waals surface area contributed by atoms with Crippen molar-refractivity contribution in [2.45, 2.75) is 12.0 Å². The van der Waals surface area contributed by atoms with Crippen molar-refractivity contribution in [1.29, 1.82) is 0 Å². The monoisotopic (exact) mass is 592 g/mol. The molecule has 8 nitrogen and oxygen atoms in total. The zero-order valence-electron chi connectivity index (χ0n) is 24.1. The summed E-state index contributed by atoms with van der Waals surface area (Å²) in [5, 5.41) is 22.6. The number of nitro benzene ring substituents is 1. The summed E-state index contributed by atoms with van der Waals surface area (Å²) in [5.74, 6) is 0.0682. The molecule has 0 spiro atoms. The quantitative estimate of drug-likeness (QED) is 0.125. The molecule has 45 heavy (non-hydrogen) atoms. The van der Waals surface area contributed by atoms with Gasteiger partial charge < -0.3 is 9.80 Å². The van der Waals surface area contributed by atoms with Crippen molar-refractivity contribution in [1.82, 2.24) is 0 Å². The number of allylic oxidation sites excluding steroid dienone is 1. The Bertz CT molecular complexity index is 1920. The minimum absolute atomic E-state index is 0.0467. The van der Waals surface area contributed by atoms with Crippen LogP contribution in [0.1, 0.15) is 6.42 Å². The van der Waals surface area contributed by atoms with Crippen molar-refractivity contribution in [2.24, 2.45) is 5.92 Å². The van der Waals surface area contributed by atoms with Gasteiger partial charge in [0.1, 0.15) is 0 Å². The second-order valence-corrected chi connectivity index (χ2v) is 11.2. The van der Waals surface area contributed by atoms with E-state index in [1.807, 2.05) is 66.7 Å². The van der Waals surface area contributed by atoms with Gasteiger partial charge >= 0.3 is 0 Å². The Hall–Kier alpha value is -6.02. The summed E-state index contributed by atoms with van der Waals surface area (Å²) in [7, 11) is 0. The van der Waals surface area contributed by atoms with Gasteiger partial charge in [-0.1, -0.05) is 66.7 Å². The van der Waals surface area contributed by atoms with Crippen molar-refractivity contribution in [3.8, 4) is 11.1 Å². The number of fused-ring (bicyclic) bond motifs is 1. The number of hydrogen-bond acceptors (Lipinski definition) is 6. The molecule has 1 saturated carbocycles. The van der Waals surface area contributed by atoms with Crippen LogP contribution >= 0.6 is 0 Å². The average Bonchev–Trinajstić information content (AvgIpc) is 3.81. The van der Waals surface area contributed by atoms with Crippen molar-refractivity contribution < 1.29 is 9.85 Å². The molecule has 220 valence electrons. The molecule has 0 N–H and O–H groups in total. The number of para-hydroxylation sites is 2. The van der Waals surface area contributed by atoms with Gasteiger partial charge in [-0.25, -0.2) is 0 Å². The maximum absolute atomic E-state index is 11.4. The van der Waals surface area contributed by atoms with Crippen LogP contribution in [0.15, 0.2) is 157 Å². The van der Waals surface area contributed by atoms with Gasteiger partial charge in [-0.05, 0) is 84.3 Å². The van der Waals surface area contributed by atoms with Crippen molar-refractivity contribution in [3.05, 3.63) is 178 Å². The molecule has 7 rings (SSSR count). The van der Waals surface area contributed by atoms with Gasteiger partial charge in [-0.2, -0.15) is 0 Å². The Morgan fingerprint density at radius 1 is 0.578 bits per heavy atom. The second kappa shape index (κ2) is 11.2. The van der Waals surface area contributed by atoms with Crippen LogP contribution in [-0.4, -0.2) is 15.4 Å². The zero-order chi connectivity index (χ0) is 31.0. The lowest BCUT2D eigenvalue weighted by Crippen LogP contribution is -2.34. The number of benzene rings is 5. The maximum Gasteiger partial charge on any atom is 0.269 e. The fourth-order valence-electron chi connectivity index (χ4n) is 6.19. The molecular formula is C37H28N4O4. The topological polar surface area (TPSA) is 92.8 Å². The summed E-state index contributed by atoms with van der Waals surface area (Å²) in [6, 6.07) is 43.2. The third kappa shape index (κ3) is 5.23. The van der Waals surface area contributed by atoms with Crippen molar-refractivity contribution in [2.75, 3.05) is 9.80 Å². The first-order valence-corrected chi connectivity index (χ1v) is 14.6. The molecule has 0 aromatic heterocycles. The van der Waals surface area contributed by atoms with Gasteiger partial charge in [0.15, 0.2) is 0 Å². The van der Waals surface area contributed by atoms with Gasteiger partial charge in [-0.15, -0.1) is 0 Å². The van der Waals surface area contributed by atoms with Gasteiger partial charge in [0.2, 0.25) is 0 Å². The third-order valence-electron chi connectivity index (χ3n) is 8.50. The van der Waals surface area contributed by atoms with E-state index in [4.69, 9.17) is 0 Å². The molecule has 5 aromatic rings. The SMILES string of the molecule is O=[N+]([O-])C1=CC2CC2(N(c2ccccc2)c2ccc(-c3ccc(N(c4ccccc4)c4ccc([N+](=O)[O-])cc4)cc3)cc2)C=C1. The first-order chi connectivity index (χ1) is 21.9. The number of nitro groups is 2. The van der Waals surface area contributed by atoms with E-state index in [2.05, 4.69) is 58.3 Å². The van der Waals surface area contributed by atoms with Gasteiger partial charge in [0.25, 0.3) is 11.4 Å².